The van der Waals surface area contributed by atoms with Gasteiger partial charge in [-0.15, -0.1) is 0 Å². The number of ketones is 2. The minimum absolute atomic E-state index is 0.0310. The first-order valence-corrected chi connectivity index (χ1v) is 15.0. The van der Waals surface area contributed by atoms with E-state index < -0.39 is 42.7 Å². The number of Topliss-reactive ketones (excluding diaryl/α,β-unsaturated/α-hetero) is 2. The standard InChI is InChI=1S/C27H30O6Si/c1-24(34(2,3)16-8-5-4-6-9-16)13-12-19-25(32,15-24)20(29)14-26-23(31)21-17(10-7-11-18(21)28)22(30)27(19,26)33-26/h4-11,19-20,28-29,32H,12-15H2,1-3H3/t19-,20+,24+,25-,26?,27?/m1/s1. The van der Waals surface area contributed by atoms with Gasteiger partial charge in [0.25, 0.3) is 0 Å². The Morgan fingerprint density at radius 2 is 1.74 bits per heavy atom. The van der Waals surface area contributed by atoms with Crippen LogP contribution in [0.1, 0.15) is 53.3 Å². The number of fused-ring (bicyclic) bond motifs is 2. The molecule has 4 aliphatic rings. The van der Waals surface area contributed by atoms with Gasteiger partial charge in [-0.1, -0.05) is 67.7 Å². The maximum Gasteiger partial charge on any atom is 0.202 e. The third-order valence-electron chi connectivity index (χ3n) is 9.93. The van der Waals surface area contributed by atoms with E-state index in [0.717, 1.165) is 6.42 Å². The van der Waals surface area contributed by atoms with Crippen molar-refractivity contribution in [2.24, 2.45) is 5.92 Å². The summed E-state index contributed by atoms with van der Waals surface area (Å²) in [6, 6.07) is 14.8. The topological polar surface area (TPSA) is 107 Å². The fourth-order valence-corrected chi connectivity index (χ4v) is 10.7. The lowest BCUT2D eigenvalue weighted by molar-refractivity contribution is -0.166. The Kier molecular flexibility index (Phi) is 4.21. The number of benzene rings is 2. The van der Waals surface area contributed by atoms with Crippen molar-refractivity contribution in [1.29, 1.82) is 0 Å². The molecule has 0 aromatic heterocycles. The second kappa shape index (κ2) is 6.46. The lowest BCUT2D eigenvalue weighted by atomic mass is 9.52. The molecule has 0 amide bonds. The molecule has 3 N–H and O–H groups in total. The molecule has 6 rings (SSSR count). The van der Waals surface area contributed by atoms with Crippen LogP contribution in [0.5, 0.6) is 5.75 Å². The van der Waals surface area contributed by atoms with Crippen LogP contribution in [-0.4, -0.2) is 57.9 Å². The van der Waals surface area contributed by atoms with E-state index in [1.165, 1.54) is 17.3 Å². The van der Waals surface area contributed by atoms with E-state index >= 15 is 0 Å². The van der Waals surface area contributed by atoms with E-state index in [2.05, 4.69) is 32.2 Å². The van der Waals surface area contributed by atoms with Crippen LogP contribution in [0.25, 0.3) is 0 Å². The molecule has 0 bridgehead atoms. The van der Waals surface area contributed by atoms with Crippen molar-refractivity contribution in [2.45, 2.75) is 73.6 Å². The van der Waals surface area contributed by atoms with Gasteiger partial charge in [0, 0.05) is 17.9 Å². The molecule has 34 heavy (non-hydrogen) atoms. The third-order valence-corrected chi connectivity index (χ3v) is 15.1. The number of rotatable bonds is 2. The number of phenolic OH excluding ortho intramolecular Hbond substituents is 1. The summed E-state index contributed by atoms with van der Waals surface area (Å²) in [6.07, 6.45) is 0.216. The van der Waals surface area contributed by atoms with Crippen LogP contribution in [0, 0.1) is 5.92 Å². The second-order valence-electron chi connectivity index (χ2n) is 11.6. The summed E-state index contributed by atoms with van der Waals surface area (Å²) in [7, 11) is -2.10. The Labute approximate surface area is 199 Å². The van der Waals surface area contributed by atoms with Gasteiger partial charge >= 0.3 is 0 Å². The zero-order valence-corrected chi connectivity index (χ0v) is 20.7. The number of aliphatic hydroxyl groups is 2. The molecule has 2 aromatic rings. The highest BCUT2D eigenvalue weighted by Crippen LogP contribution is 2.72. The molecule has 1 heterocycles. The molecule has 1 saturated heterocycles. The molecule has 1 aliphatic heterocycles. The Balaban J connectivity index is 1.44. The van der Waals surface area contributed by atoms with Gasteiger partial charge in [-0.25, -0.2) is 0 Å². The van der Waals surface area contributed by atoms with Crippen molar-refractivity contribution in [3.8, 4) is 5.75 Å². The molecule has 6 atom stereocenters. The molecular formula is C27H30O6Si. The van der Waals surface area contributed by atoms with Crippen molar-refractivity contribution in [3.63, 3.8) is 0 Å². The van der Waals surface area contributed by atoms with Gasteiger partial charge in [-0.05, 0) is 30.4 Å². The van der Waals surface area contributed by atoms with Crippen LogP contribution < -0.4 is 5.19 Å². The van der Waals surface area contributed by atoms with E-state index in [1.54, 1.807) is 6.07 Å². The van der Waals surface area contributed by atoms with E-state index in [9.17, 15) is 24.9 Å². The first kappa shape index (κ1) is 22.2. The summed E-state index contributed by atoms with van der Waals surface area (Å²) >= 11 is 0. The average molecular weight is 479 g/mol. The number of aromatic hydroxyl groups is 1. The third kappa shape index (κ3) is 2.31. The summed E-state index contributed by atoms with van der Waals surface area (Å²) < 4.78 is 6.10. The minimum Gasteiger partial charge on any atom is -0.507 e. The van der Waals surface area contributed by atoms with Gasteiger partial charge in [0.2, 0.25) is 5.78 Å². The molecular weight excluding hydrogens is 448 g/mol. The van der Waals surface area contributed by atoms with Crippen LogP contribution in [-0.2, 0) is 4.74 Å². The van der Waals surface area contributed by atoms with Crippen molar-refractivity contribution < 1.29 is 29.6 Å². The molecule has 0 radical (unpaired) electrons. The maximum atomic E-state index is 13.8. The van der Waals surface area contributed by atoms with Crippen LogP contribution in [0.15, 0.2) is 48.5 Å². The Bertz CT molecular complexity index is 1240. The van der Waals surface area contributed by atoms with Gasteiger partial charge in [-0.3, -0.25) is 9.59 Å². The van der Waals surface area contributed by atoms with E-state index in [1.807, 2.05) is 18.2 Å². The van der Waals surface area contributed by atoms with Crippen LogP contribution >= 0.6 is 0 Å². The highest BCUT2D eigenvalue weighted by Gasteiger charge is 2.89. The molecule has 6 nitrogen and oxygen atoms in total. The van der Waals surface area contributed by atoms with Gasteiger partial charge in [-0.2, -0.15) is 0 Å². The van der Waals surface area contributed by atoms with Gasteiger partial charge in [0.15, 0.2) is 17.0 Å². The Morgan fingerprint density at radius 3 is 2.44 bits per heavy atom. The highest BCUT2D eigenvalue weighted by atomic mass is 28.3. The van der Waals surface area contributed by atoms with Crippen molar-refractivity contribution >= 4 is 24.8 Å². The SMILES string of the molecule is C[C@]1([Si](C)(C)c2ccccc2)CC[C@H]2C34OC3(C[C@H](O)[C@@]2(O)C1)C(=O)c1c(O)cccc1C4=O. The lowest BCUT2D eigenvalue weighted by Gasteiger charge is -2.58. The Morgan fingerprint density at radius 1 is 1.03 bits per heavy atom. The molecule has 7 heteroatoms. The van der Waals surface area contributed by atoms with Crippen LogP contribution in [0.2, 0.25) is 18.1 Å². The number of hydrogen-bond donors (Lipinski definition) is 3. The van der Waals surface area contributed by atoms with Crippen molar-refractivity contribution in [3.05, 3.63) is 59.7 Å². The van der Waals surface area contributed by atoms with E-state index in [-0.39, 0.29) is 34.1 Å². The van der Waals surface area contributed by atoms with Crippen LogP contribution in [0.4, 0.5) is 0 Å². The number of hydrogen-bond acceptors (Lipinski definition) is 6. The molecule has 2 unspecified atom stereocenters. The second-order valence-corrected chi connectivity index (χ2v) is 16.6. The predicted molar refractivity (Wildman–Crippen MR) is 128 cm³/mol. The Hall–Kier alpha value is -2.32. The first-order chi connectivity index (χ1) is 15.9. The maximum absolute atomic E-state index is 13.8. The first-order valence-electron chi connectivity index (χ1n) is 12.0. The summed E-state index contributed by atoms with van der Waals surface area (Å²) in [5, 5.41) is 34.9. The van der Waals surface area contributed by atoms with E-state index in [0.29, 0.717) is 12.8 Å². The van der Waals surface area contributed by atoms with Gasteiger partial charge in [0.05, 0.1) is 25.3 Å². The lowest BCUT2D eigenvalue weighted by Crippen LogP contribution is -2.70. The summed E-state index contributed by atoms with van der Waals surface area (Å²) in [5.41, 5.74) is -4.41. The fourth-order valence-electron chi connectivity index (χ4n) is 7.50. The van der Waals surface area contributed by atoms with Crippen molar-refractivity contribution in [1.82, 2.24) is 0 Å². The summed E-state index contributed by atoms with van der Waals surface area (Å²) in [4.78, 5) is 27.4. The number of phenols is 1. The zero-order valence-electron chi connectivity index (χ0n) is 19.7. The quantitative estimate of drug-likeness (QED) is 0.453. The van der Waals surface area contributed by atoms with Gasteiger partial charge in [0.1, 0.15) is 5.75 Å². The molecule has 178 valence electrons. The highest BCUT2D eigenvalue weighted by molar-refractivity contribution is 6.92. The molecule has 2 aromatic carbocycles. The smallest absolute Gasteiger partial charge is 0.202 e. The molecule has 3 fully saturated rings. The number of carbonyl (C=O) groups excluding carboxylic acids is 2. The predicted octanol–water partition coefficient (Wildman–Crippen LogP) is 2.95. The molecule has 2 saturated carbocycles. The van der Waals surface area contributed by atoms with Crippen LogP contribution in [0.3, 0.4) is 0 Å². The number of carbonyl (C=O) groups is 2. The fraction of sp³-hybridized carbons (Fsp3) is 0.481. The minimum atomic E-state index is -2.10. The summed E-state index contributed by atoms with van der Waals surface area (Å²) in [6.45, 7) is 6.79. The van der Waals surface area contributed by atoms with Crippen molar-refractivity contribution in [2.75, 3.05) is 0 Å². The molecule has 3 aliphatic carbocycles. The van der Waals surface area contributed by atoms with E-state index in [4.69, 9.17) is 4.74 Å². The average Bonchev–Trinajstić information content (AvgIpc) is 3.49. The molecule has 0 spiro atoms. The number of epoxide rings is 1. The normalized spacial score (nSPS) is 40.6. The number of aliphatic hydroxyl groups excluding tert-OH is 1. The largest absolute Gasteiger partial charge is 0.507 e. The number of ether oxygens (including phenoxy) is 1. The monoisotopic (exact) mass is 478 g/mol. The zero-order chi connectivity index (χ0) is 24.3. The van der Waals surface area contributed by atoms with Gasteiger partial charge < -0.3 is 20.1 Å². The summed E-state index contributed by atoms with van der Waals surface area (Å²) in [5.74, 6) is -1.77.